The minimum absolute atomic E-state index is 0. The first-order valence-corrected chi connectivity index (χ1v) is 10.1. The molecule has 0 heterocycles. The van der Waals surface area contributed by atoms with Crippen molar-refractivity contribution in [1.82, 2.24) is 0 Å². The second-order valence-electron chi connectivity index (χ2n) is 5.88. The molecule has 3 nitrogen and oxygen atoms in total. The fraction of sp³-hybridized carbons (Fsp3) is 1.00. The van der Waals surface area contributed by atoms with Gasteiger partial charge in [0.1, 0.15) is 0 Å². The van der Waals surface area contributed by atoms with Crippen LogP contribution >= 0.6 is 0 Å². The number of hydrogen-bond donors (Lipinski definition) is 1. The third-order valence-corrected chi connectivity index (χ3v) is 4.56. The number of unbranched alkanes of at least 4 members (excludes halogenated alkanes) is 13. The third-order valence-electron chi connectivity index (χ3n) is 3.76. The van der Waals surface area contributed by atoms with Crippen LogP contribution in [0.3, 0.4) is 0 Å². The second kappa shape index (κ2) is 17.9. The molecule has 1 N–H and O–H groups in total. The van der Waals surface area contributed by atoms with Crippen LogP contribution in [0.4, 0.5) is 0 Å². The van der Waals surface area contributed by atoms with E-state index in [9.17, 15) is 8.42 Å². The Balaban J connectivity index is 0. The van der Waals surface area contributed by atoms with Crippen molar-refractivity contribution in [3.63, 3.8) is 0 Å². The van der Waals surface area contributed by atoms with Gasteiger partial charge in [0.05, 0.1) is 5.75 Å². The van der Waals surface area contributed by atoms with Crippen molar-refractivity contribution < 1.29 is 13.0 Å². The van der Waals surface area contributed by atoms with E-state index in [0.29, 0.717) is 6.42 Å². The van der Waals surface area contributed by atoms with Gasteiger partial charge in [-0.25, -0.2) is 0 Å². The quantitative estimate of drug-likeness (QED) is 0.265. The third kappa shape index (κ3) is 23.9. The molecular weight excluding hydrogens is 311 g/mol. The fourth-order valence-electron chi connectivity index (χ4n) is 2.48. The van der Waals surface area contributed by atoms with Crippen molar-refractivity contribution in [1.29, 1.82) is 0 Å². The summed E-state index contributed by atoms with van der Waals surface area (Å²) < 4.78 is 29.6. The fourth-order valence-corrected chi connectivity index (χ4v) is 3.05. The molecule has 0 aromatic rings. The Morgan fingerprint density at radius 1 is 0.619 bits per heavy atom. The van der Waals surface area contributed by atoms with Crippen molar-refractivity contribution in [2.45, 2.75) is 96.8 Å². The van der Waals surface area contributed by atoms with Crippen LogP contribution in [-0.2, 0) is 10.1 Å². The molecule has 0 aliphatic carbocycles. The molecule has 0 unspecified atom stereocenters. The summed E-state index contributed by atoms with van der Waals surface area (Å²) in [5, 5.41) is 0. The summed E-state index contributed by atoms with van der Waals surface area (Å²) in [6.45, 7) is 2.25. The Hall–Kier alpha value is 1.55. The molecule has 0 saturated carbocycles. The Morgan fingerprint density at radius 3 is 1.19 bits per heavy atom. The van der Waals surface area contributed by atoms with Crippen LogP contribution in [0.15, 0.2) is 0 Å². The van der Waals surface area contributed by atoms with Gasteiger partial charge >= 0.3 is 51.4 Å². The molecule has 0 radical (unpaired) electrons. The Kier molecular flexibility index (Phi) is 21.1. The molecular formula is C16H35KO3S. The molecule has 0 saturated heterocycles. The van der Waals surface area contributed by atoms with E-state index in [4.69, 9.17) is 4.55 Å². The standard InChI is InChI=1S/C16H34O3S.K.H/c1-2-3-4-5-6-7-8-9-10-11-12-13-14-15-16-20(17,18)19;;/h2-16H2,1H3,(H,17,18,19);;. The molecule has 0 aromatic heterocycles. The predicted octanol–water partition coefficient (Wildman–Crippen LogP) is 4.71. The molecule has 0 rings (SSSR count). The second-order valence-corrected chi connectivity index (χ2v) is 7.45. The van der Waals surface area contributed by atoms with Crippen LogP contribution in [0.5, 0.6) is 0 Å². The normalized spacial score (nSPS) is 11.3. The first-order valence-electron chi connectivity index (χ1n) is 8.51. The minimum atomic E-state index is -3.74. The summed E-state index contributed by atoms with van der Waals surface area (Å²) in [6.07, 6.45) is 17.4. The maximum absolute atomic E-state index is 10.5. The van der Waals surface area contributed by atoms with Gasteiger partial charge in [0.15, 0.2) is 0 Å². The zero-order chi connectivity index (χ0) is 15.1. The molecule has 124 valence electrons. The van der Waals surface area contributed by atoms with E-state index >= 15 is 0 Å². The van der Waals surface area contributed by atoms with Gasteiger partial charge in [0.2, 0.25) is 0 Å². The summed E-state index contributed by atoms with van der Waals surface area (Å²) >= 11 is 0. The van der Waals surface area contributed by atoms with Crippen LogP contribution in [0, 0.1) is 0 Å². The molecule has 5 heteroatoms. The monoisotopic (exact) mass is 346 g/mol. The first-order chi connectivity index (χ1) is 9.56. The van der Waals surface area contributed by atoms with E-state index in [2.05, 4.69) is 6.92 Å². The SMILES string of the molecule is CCCCCCCCCCCCCCCCS(=O)(=O)O.[KH]. The molecule has 0 amide bonds. The van der Waals surface area contributed by atoms with Crippen molar-refractivity contribution >= 4 is 61.5 Å². The average molecular weight is 347 g/mol. The van der Waals surface area contributed by atoms with Gasteiger partial charge in [0.25, 0.3) is 10.1 Å². The van der Waals surface area contributed by atoms with E-state index in [1.807, 2.05) is 0 Å². The molecule has 0 fully saturated rings. The van der Waals surface area contributed by atoms with Gasteiger partial charge in [-0.2, -0.15) is 8.42 Å². The van der Waals surface area contributed by atoms with Gasteiger partial charge in [-0.3, -0.25) is 4.55 Å². The van der Waals surface area contributed by atoms with Crippen LogP contribution in [0.1, 0.15) is 96.8 Å². The summed E-state index contributed by atoms with van der Waals surface area (Å²) in [4.78, 5) is 0. The Labute approximate surface area is 175 Å². The zero-order valence-corrected chi connectivity index (χ0v) is 14.1. The van der Waals surface area contributed by atoms with Crippen LogP contribution in [-0.4, -0.2) is 70.1 Å². The van der Waals surface area contributed by atoms with Gasteiger partial charge in [0, 0.05) is 0 Å². The molecule has 21 heavy (non-hydrogen) atoms. The summed E-state index contributed by atoms with van der Waals surface area (Å²) in [7, 11) is -3.74. The maximum atomic E-state index is 10.5. The summed E-state index contributed by atoms with van der Waals surface area (Å²) in [5.74, 6) is -0.0783. The van der Waals surface area contributed by atoms with Crippen LogP contribution in [0.2, 0.25) is 0 Å². The predicted molar refractivity (Wildman–Crippen MR) is 93.9 cm³/mol. The van der Waals surface area contributed by atoms with Crippen LogP contribution < -0.4 is 0 Å². The van der Waals surface area contributed by atoms with E-state index in [1.54, 1.807) is 0 Å². The zero-order valence-electron chi connectivity index (χ0n) is 13.3. The first kappa shape index (κ1) is 24.8. The van der Waals surface area contributed by atoms with E-state index < -0.39 is 10.1 Å². The van der Waals surface area contributed by atoms with Gasteiger partial charge in [-0.05, 0) is 6.42 Å². The van der Waals surface area contributed by atoms with E-state index in [0.717, 1.165) is 12.8 Å². The number of hydrogen-bond acceptors (Lipinski definition) is 2. The molecule has 0 atom stereocenters. The Morgan fingerprint density at radius 2 is 0.905 bits per heavy atom. The molecule has 0 bridgehead atoms. The van der Waals surface area contributed by atoms with Crippen molar-refractivity contribution in [3.05, 3.63) is 0 Å². The van der Waals surface area contributed by atoms with E-state index in [1.165, 1.54) is 70.6 Å². The van der Waals surface area contributed by atoms with Gasteiger partial charge in [-0.15, -0.1) is 0 Å². The van der Waals surface area contributed by atoms with Gasteiger partial charge < -0.3 is 0 Å². The molecule has 0 aliphatic rings. The summed E-state index contributed by atoms with van der Waals surface area (Å²) in [5.41, 5.74) is 0. The van der Waals surface area contributed by atoms with Crippen LogP contribution in [0.25, 0.3) is 0 Å². The van der Waals surface area contributed by atoms with Crippen molar-refractivity contribution in [3.8, 4) is 0 Å². The van der Waals surface area contributed by atoms with Crippen molar-refractivity contribution in [2.75, 3.05) is 5.75 Å². The molecule has 0 aromatic carbocycles. The average Bonchev–Trinajstić information content (AvgIpc) is 2.38. The molecule has 0 spiro atoms. The molecule has 0 aliphatic heterocycles. The van der Waals surface area contributed by atoms with E-state index in [-0.39, 0.29) is 57.1 Å². The number of rotatable bonds is 15. The van der Waals surface area contributed by atoms with Gasteiger partial charge in [-0.1, -0.05) is 90.4 Å². The summed E-state index contributed by atoms with van der Waals surface area (Å²) in [6, 6.07) is 0. The Bertz CT molecular complexity index is 292. The topological polar surface area (TPSA) is 54.4 Å². The van der Waals surface area contributed by atoms with Crippen molar-refractivity contribution in [2.24, 2.45) is 0 Å².